The molecule has 1 heterocycles. The second-order valence-corrected chi connectivity index (χ2v) is 3.77. The fourth-order valence-corrected chi connectivity index (χ4v) is 1.72. The summed E-state index contributed by atoms with van der Waals surface area (Å²) in [5.74, 6) is -1.29. The molecule has 1 aliphatic heterocycles. The highest BCUT2D eigenvalue weighted by Gasteiger charge is 2.36. The topological polar surface area (TPSA) is 66.8 Å². The average Bonchev–Trinajstić information content (AvgIpc) is 2.40. The van der Waals surface area contributed by atoms with Crippen LogP contribution in [0.5, 0.6) is 0 Å². The standard InChI is InChI=1S/C8H12ClNO4/c1-14-4-6(8(12)13)10-3-5(9)2-7(10)11/h5-6H,2-4H2,1H3,(H,12,13)/t5?,6-/m0/s1. The molecule has 0 aliphatic carbocycles. The summed E-state index contributed by atoms with van der Waals surface area (Å²) in [6.07, 6.45) is 0.203. The third-order valence-electron chi connectivity index (χ3n) is 2.10. The highest BCUT2D eigenvalue weighted by molar-refractivity contribution is 6.22. The van der Waals surface area contributed by atoms with Crippen molar-refractivity contribution in [1.29, 1.82) is 0 Å². The summed E-state index contributed by atoms with van der Waals surface area (Å²) in [4.78, 5) is 23.4. The van der Waals surface area contributed by atoms with E-state index in [4.69, 9.17) is 21.4 Å². The van der Waals surface area contributed by atoms with Crippen LogP contribution in [0.25, 0.3) is 0 Å². The zero-order valence-corrected chi connectivity index (χ0v) is 8.53. The van der Waals surface area contributed by atoms with E-state index in [9.17, 15) is 9.59 Å². The van der Waals surface area contributed by atoms with Gasteiger partial charge in [0, 0.05) is 20.1 Å². The number of methoxy groups -OCH3 is 1. The summed E-state index contributed by atoms with van der Waals surface area (Å²) >= 11 is 5.75. The van der Waals surface area contributed by atoms with Gasteiger partial charge in [0.2, 0.25) is 5.91 Å². The quantitative estimate of drug-likeness (QED) is 0.675. The smallest absolute Gasteiger partial charge is 0.328 e. The van der Waals surface area contributed by atoms with Gasteiger partial charge in [0.05, 0.1) is 12.0 Å². The lowest BCUT2D eigenvalue weighted by molar-refractivity contribution is -0.150. The number of likely N-dealkylation sites (tertiary alicyclic amines) is 1. The van der Waals surface area contributed by atoms with E-state index >= 15 is 0 Å². The van der Waals surface area contributed by atoms with E-state index < -0.39 is 12.0 Å². The van der Waals surface area contributed by atoms with Gasteiger partial charge in [-0.25, -0.2) is 4.79 Å². The van der Waals surface area contributed by atoms with E-state index in [1.165, 1.54) is 12.0 Å². The van der Waals surface area contributed by atoms with Crippen LogP contribution in [-0.4, -0.2) is 53.6 Å². The van der Waals surface area contributed by atoms with Gasteiger partial charge in [0.25, 0.3) is 0 Å². The number of rotatable bonds is 4. The van der Waals surface area contributed by atoms with Gasteiger partial charge in [-0.3, -0.25) is 4.79 Å². The molecule has 1 saturated heterocycles. The van der Waals surface area contributed by atoms with E-state index in [2.05, 4.69) is 0 Å². The molecule has 1 N–H and O–H groups in total. The number of carbonyl (C=O) groups excluding carboxylic acids is 1. The lowest BCUT2D eigenvalue weighted by Gasteiger charge is -2.23. The Morgan fingerprint density at radius 2 is 2.50 bits per heavy atom. The number of carboxylic acids is 1. The van der Waals surface area contributed by atoms with Crippen LogP contribution in [-0.2, 0) is 14.3 Å². The van der Waals surface area contributed by atoms with Gasteiger partial charge in [-0.05, 0) is 0 Å². The van der Waals surface area contributed by atoms with Crippen molar-refractivity contribution in [3.05, 3.63) is 0 Å². The Hall–Kier alpha value is -0.810. The summed E-state index contributed by atoms with van der Waals surface area (Å²) in [6, 6.07) is -0.920. The molecule has 5 nitrogen and oxygen atoms in total. The first-order valence-corrected chi connectivity index (χ1v) is 4.65. The Labute approximate surface area is 86.6 Å². The zero-order chi connectivity index (χ0) is 10.7. The number of amides is 1. The molecule has 0 bridgehead atoms. The van der Waals surface area contributed by atoms with Gasteiger partial charge in [0.15, 0.2) is 6.04 Å². The van der Waals surface area contributed by atoms with Gasteiger partial charge in [-0.15, -0.1) is 11.6 Å². The molecule has 1 aliphatic rings. The second-order valence-electron chi connectivity index (χ2n) is 3.16. The van der Waals surface area contributed by atoms with E-state index in [-0.39, 0.29) is 30.9 Å². The molecule has 0 radical (unpaired) electrons. The third-order valence-corrected chi connectivity index (χ3v) is 2.39. The number of carbonyl (C=O) groups is 2. The number of hydrogen-bond acceptors (Lipinski definition) is 3. The SMILES string of the molecule is COC[C@@H](C(=O)O)N1CC(Cl)CC1=O. The number of halogens is 1. The predicted molar refractivity (Wildman–Crippen MR) is 49.3 cm³/mol. The maximum Gasteiger partial charge on any atom is 0.328 e. The van der Waals surface area contributed by atoms with Crippen molar-refractivity contribution in [2.24, 2.45) is 0 Å². The van der Waals surface area contributed by atoms with Crippen LogP contribution in [0.1, 0.15) is 6.42 Å². The van der Waals surface area contributed by atoms with Crippen LogP contribution in [0.15, 0.2) is 0 Å². The molecule has 0 saturated carbocycles. The number of hydrogen-bond donors (Lipinski definition) is 1. The van der Waals surface area contributed by atoms with E-state index in [0.29, 0.717) is 0 Å². The summed E-state index contributed by atoms with van der Waals surface area (Å²) in [6.45, 7) is 0.269. The van der Waals surface area contributed by atoms with Crippen LogP contribution in [0, 0.1) is 0 Å². The highest BCUT2D eigenvalue weighted by Crippen LogP contribution is 2.19. The molecule has 0 aromatic heterocycles. The largest absolute Gasteiger partial charge is 0.480 e. The van der Waals surface area contributed by atoms with E-state index in [1.807, 2.05) is 0 Å². The fraction of sp³-hybridized carbons (Fsp3) is 0.750. The summed E-state index contributed by atoms with van der Waals surface area (Å²) in [5, 5.41) is 8.56. The number of carboxylic acid groups (broad SMARTS) is 1. The fourth-order valence-electron chi connectivity index (χ4n) is 1.44. The number of nitrogens with zero attached hydrogens (tertiary/aromatic N) is 1. The van der Waals surface area contributed by atoms with Crippen LogP contribution in [0.4, 0.5) is 0 Å². The summed E-state index contributed by atoms with van der Waals surface area (Å²) < 4.78 is 4.74. The molecular formula is C8H12ClNO4. The van der Waals surface area contributed by atoms with Gasteiger partial charge >= 0.3 is 5.97 Å². The van der Waals surface area contributed by atoms with Crippen molar-refractivity contribution in [3.8, 4) is 0 Å². The first-order valence-electron chi connectivity index (χ1n) is 4.21. The lowest BCUT2D eigenvalue weighted by atomic mass is 10.3. The van der Waals surface area contributed by atoms with E-state index in [1.54, 1.807) is 0 Å². The Morgan fingerprint density at radius 1 is 1.86 bits per heavy atom. The third kappa shape index (κ3) is 2.36. The minimum atomic E-state index is -1.06. The zero-order valence-electron chi connectivity index (χ0n) is 7.77. The molecule has 0 spiro atoms. The maximum absolute atomic E-state index is 11.3. The van der Waals surface area contributed by atoms with Gasteiger partial charge < -0.3 is 14.7 Å². The Morgan fingerprint density at radius 3 is 2.86 bits per heavy atom. The molecule has 1 rings (SSSR count). The predicted octanol–water partition coefficient (Wildman–Crippen LogP) is -0.0743. The van der Waals surface area contributed by atoms with E-state index in [0.717, 1.165) is 0 Å². The van der Waals surface area contributed by atoms with Crippen LogP contribution in [0.2, 0.25) is 0 Å². The van der Waals surface area contributed by atoms with Crippen molar-refractivity contribution in [2.75, 3.05) is 20.3 Å². The van der Waals surface area contributed by atoms with Crippen molar-refractivity contribution >= 4 is 23.5 Å². The highest BCUT2D eigenvalue weighted by atomic mass is 35.5. The van der Waals surface area contributed by atoms with Gasteiger partial charge in [-0.1, -0.05) is 0 Å². The summed E-state index contributed by atoms with van der Waals surface area (Å²) in [7, 11) is 1.40. The van der Waals surface area contributed by atoms with Crippen LogP contribution < -0.4 is 0 Å². The second kappa shape index (κ2) is 4.61. The number of aliphatic carboxylic acids is 1. The minimum Gasteiger partial charge on any atom is -0.480 e. The van der Waals surface area contributed by atoms with Crippen LogP contribution in [0.3, 0.4) is 0 Å². The Bertz CT molecular complexity index is 245. The molecule has 0 aromatic rings. The summed E-state index contributed by atoms with van der Waals surface area (Å²) in [5.41, 5.74) is 0. The average molecular weight is 222 g/mol. The lowest BCUT2D eigenvalue weighted by Crippen LogP contribution is -2.45. The maximum atomic E-state index is 11.3. The van der Waals surface area contributed by atoms with Gasteiger partial charge in [-0.2, -0.15) is 0 Å². The van der Waals surface area contributed by atoms with Gasteiger partial charge in [0.1, 0.15) is 0 Å². The normalized spacial score (nSPS) is 24.0. The molecule has 2 atom stereocenters. The van der Waals surface area contributed by atoms with Crippen molar-refractivity contribution < 1.29 is 19.4 Å². The van der Waals surface area contributed by atoms with Crippen molar-refractivity contribution in [3.63, 3.8) is 0 Å². The molecule has 6 heteroatoms. The molecule has 1 unspecified atom stereocenters. The Balaban J connectivity index is 2.68. The molecule has 80 valence electrons. The minimum absolute atomic E-state index is 0.00924. The monoisotopic (exact) mass is 221 g/mol. The first kappa shape index (κ1) is 11.3. The van der Waals surface area contributed by atoms with Crippen molar-refractivity contribution in [2.45, 2.75) is 17.8 Å². The Kier molecular flexibility index (Phi) is 3.71. The number of ether oxygens (including phenoxy) is 1. The molecule has 14 heavy (non-hydrogen) atoms. The first-order chi connectivity index (χ1) is 6.56. The molecular weight excluding hydrogens is 210 g/mol. The van der Waals surface area contributed by atoms with Crippen LogP contribution >= 0.6 is 11.6 Å². The molecule has 0 aromatic carbocycles. The molecule has 1 amide bonds. The number of alkyl halides is 1. The molecule has 1 fully saturated rings. The van der Waals surface area contributed by atoms with Crippen molar-refractivity contribution in [1.82, 2.24) is 4.90 Å².